The van der Waals surface area contributed by atoms with E-state index < -0.39 is 41.6 Å². The minimum atomic E-state index is -1.18. The molecule has 0 aliphatic heterocycles. The molecular formula is C34H41N3O7. The number of aliphatic hydroxyl groups excluding tert-OH is 1. The molecule has 10 heteroatoms. The Bertz CT molecular complexity index is 1590. The molecule has 44 heavy (non-hydrogen) atoms. The highest BCUT2D eigenvalue weighted by molar-refractivity contribution is 5.96. The molecule has 8 atom stereocenters. The van der Waals surface area contributed by atoms with Gasteiger partial charge in [-0.3, -0.25) is 4.79 Å². The number of carbonyl (C=O) groups is 2. The first kappa shape index (κ1) is 30.2. The number of carboxylic acids is 1. The van der Waals surface area contributed by atoms with Crippen molar-refractivity contribution in [3.63, 3.8) is 0 Å². The maximum Gasteiger partial charge on any atom is 0.326 e. The third kappa shape index (κ3) is 4.87. The number of amides is 1. The van der Waals surface area contributed by atoms with Gasteiger partial charge >= 0.3 is 5.97 Å². The molecule has 0 unspecified atom stereocenters. The summed E-state index contributed by atoms with van der Waals surface area (Å²) in [7, 11) is 0. The van der Waals surface area contributed by atoms with Gasteiger partial charge in [0.1, 0.15) is 17.4 Å². The standard InChI is InChI=1S/C34H41N3O7/c1-4-34(43)12-10-25-24-7-5-20-14-21(9-11-32(20,2)30(24)28(39)16-33(25,34)3)37-44-18-29(40)36-27(31(41)42)13-19-17-35-26-15-22(38)6-8-23(19)26/h1,6,8,14-15,17,24-25,27-28,30,35,38-39,43H,5,7,9-13,16,18H2,2-3H3,(H,36,40)(H,41,42)/b37-21-/t24-,25-,27+,28-,30+,32-,33-,34-/m0/s1. The van der Waals surface area contributed by atoms with E-state index in [9.17, 15) is 30.0 Å². The Balaban J connectivity index is 1.09. The van der Waals surface area contributed by atoms with Crippen molar-refractivity contribution in [2.45, 2.75) is 83.0 Å². The Morgan fingerprint density at radius 1 is 1.25 bits per heavy atom. The number of phenols is 1. The molecule has 3 saturated carbocycles. The highest BCUT2D eigenvalue weighted by atomic mass is 16.6. The van der Waals surface area contributed by atoms with Crippen LogP contribution in [0.15, 0.2) is 41.2 Å². The van der Waals surface area contributed by atoms with Crippen molar-refractivity contribution in [3.05, 3.63) is 41.6 Å². The number of oxime groups is 1. The fourth-order valence-electron chi connectivity index (χ4n) is 9.19. The number of terminal acetylenes is 1. The van der Waals surface area contributed by atoms with Gasteiger partial charge in [-0.2, -0.15) is 0 Å². The number of rotatable bonds is 7. The summed E-state index contributed by atoms with van der Waals surface area (Å²) in [5.74, 6) is 1.63. The van der Waals surface area contributed by atoms with Gasteiger partial charge in [0.05, 0.1) is 11.8 Å². The second kappa shape index (κ2) is 11.0. The Morgan fingerprint density at radius 3 is 2.80 bits per heavy atom. The van der Waals surface area contributed by atoms with Crippen LogP contribution in [-0.4, -0.2) is 67.4 Å². The minimum Gasteiger partial charge on any atom is -0.508 e. The third-order valence-corrected chi connectivity index (χ3v) is 11.5. The molecule has 0 saturated heterocycles. The van der Waals surface area contributed by atoms with Gasteiger partial charge < -0.3 is 35.6 Å². The van der Waals surface area contributed by atoms with Gasteiger partial charge in [0.15, 0.2) is 6.61 Å². The number of nitrogens with zero attached hydrogens (tertiary/aromatic N) is 1. The van der Waals surface area contributed by atoms with E-state index in [0.717, 1.165) is 36.8 Å². The number of aromatic nitrogens is 1. The summed E-state index contributed by atoms with van der Waals surface area (Å²) in [5, 5.41) is 49.7. The van der Waals surface area contributed by atoms with Crippen LogP contribution in [0.25, 0.3) is 10.9 Å². The van der Waals surface area contributed by atoms with Crippen LogP contribution in [0.3, 0.4) is 0 Å². The summed E-state index contributed by atoms with van der Waals surface area (Å²) in [5.41, 5.74) is 1.45. The predicted molar refractivity (Wildman–Crippen MR) is 163 cm³/mol. The topological polar surface area (TPSA) is 164 Å². The van der Waals surface area contributed by atoms with Crippen molar-refractivity contribution in [3.8, 4) is 18.1 Å². The molecule has 234 valence electrons. The first-order valence-corrected chi connectivity index (χ1v) is 15.5. The van der Waals surface area contributed by atoms with Crippen molar-refractivity contribution in [2.75, 3.05) is 6.61 Å². The third-order valence-electron chi connectivity index (χ3n) is 11.5. The lowest BCUT2D eigenvalue weighted by molar-refractivity contribution is -0.153. The van der Waals surface area contributed by atoms with Gasteiger partial charge in [-0.05, 0) is 91.9 Å². The molecule has 6 rings (SSSR count). The molecule has 1 heterocycles. The number of hydrogen-bond acceptors (Lipinski definition) is 7. The summed E-state index contributed by atoms with van der Waals surface area (Å²) in [6, 6.07) is 3.61. The zero-order chi connectivity index (χ0) is 31.4. The van der Waals surface area contributed by atoms with Crippen LogP contribution < -0.4 is 5.32 Å². The fraction of sp³-hybridized carbons (Fsp3) is 0.559. The molecule has 3 fully saturated rings. The van der Waals surface area contributed by atoms with E-state index in [2.05, 4.69) is 35.2 Å². The van der Waals surface area contributed by atoms with Crippen LogP contribution in [0, 0.1) is 40.9 Å². The first-order valence-electron chi connectivity index (χ1n) is 15.5. The van der Waals surface area contributed by atoms with Crippen molar-refractivity contribution < 1.29 is 34.9 Å². The maximum atomic E-state index is 12.6. The van der Waals surface area contributed by atoms with Crippen LogP contribution in [-0.2, 0) is 20.8 Å². The van der Waals surface area contributed by atoms with Crippen LogP contribution >= 0.6 is 0 Å². The van der Waals surface area contributed by atoms with Crippen LogP contribution in [0.1, 0.15) is 64.4 Å². The minimum absolute atomic E-state index is 0.0566. The van der Waals surface area contributed by atoms with Gasteiger partial charge in [0, 0.05) is 35.0 Å². The normalized spacial score (nSPS) is 36.0. The Labute approximate surface area is 256 Å². The second-order valence-electron chi connectivity index (χ2n) is 13.7. The molecule has 1 aromatic heterocycles. The molecule has 0 bridgehead atoms. The largest absolute Gasteiger partial charge is 0.508 e. The number of nitrogens with one attached hydrogen (secondary N) is 2. The lowest BCUT2D eigenvalue weighted by Gasteiger charge is -2.60. The highest BCUT2D eigenvalue weighted by Crippen LogP contribution is 2.67. The van der Waals surface area contributed by atoms with Gasteiger partial charge in [-0.25, -0.2) is 4.79 Å². The number of aliphatic carboxylic acids is 1. The fourth-order valence-corrected chi connectivity index (χ4v) is 9.19. The molecule has 1 amide bonds. The highest BCUT2D eigenvalue weighted by Gasteiger charge is 2.66. The summed E-state index contributed by atoms with van der Waals surface area (Å²) < 4.78 is 0. The zero-order valence-electron chi connectivity index (χ0n) is 25.2. The number of carbonyl (C=O) groups excluding carboxylic acids is 1. The molecular weight excluding hydrogens is 562 g/mol. The summed E-state index contributed by atoms with van der Waals surface area (Å²) in [6.45, 7) is 3.87. The lowest BCUT2D eigenvalue weighted by atomic mass is 9.45. The monoisotopic (exact) mass is 603 g/mol. The Kier molecular flexibility index (Phi) is 7.53. The second-order valence-corrected chi connectivity index (χ2v) is 13.7. The van der Waals surface area contributed by atoms with Gasteiger partial charge in [0.2, 0.25) is 0 Å². The number of aromatic amines is 1. The van der Waals surface area contributed by atoms with E-state index in [4.69, 9.17) is 11.3 Å². The van der Waals surface area contributed by atoms with Gasteiger partial charge in [-0.1, -0.05) is 30.5 Å². The van der Waals surface area contributed by atoms with Crippen LogP contribution in [0.5, 0.6) is 5.75 Å². The molecule has 0 radical (unpaired) electrons. The van der Waals surface area contributed by atoms with Gasteiger partial charge in [0.25, 0.3) is 5.91 Å². The smallest absolute Gasteiger partial charge is 0.326 e. The summed E-state index contributed by atoms with van der Waals surface area (Å²) in [4.78, 5) is 32.9. The number of carboxylic acid groups (broad SMARTS) is 1. The molecule has 10 nitrogen and oxygen atoms in total. The molecule has 1 aromatic carbocycles. The maximum absolute atomic E-state index is 12.6. The lowest BCUT2D eigenvalue weighted by Crippen LogP contribution is -2.59. The van der Waals surface area contributed by atoms with Crippen molar-refractivity contribution >= 4 is 28.5 Å². The summed E-state index contributed by atoms with van der Waals surface area (Å²) in [6.07, 6.45) is 14.1. The van der Waals surface area contributed by atoms with E-state index in [1.165, 1.54) is 11.6 Å². The van der Waals surface area contributed by atoms with Crippen LogP contribution in [0.2, 0.25) is 0 Å². The molecule has 4 aliphatic rings. The van der Waals surface area contributed by atoms with E-state index in [1.807, 2.05) is 6.08 Å². The predicted octanol–water partition coefficient (Wildman–Crippen LogP) is 3.66. The van der Waals surface area contributed by atoms with Crippen molar-refractivity contribution in [2.24, 2.45) is 33.7 Å². The van der Waals surface area contributed by atoms with Gasteiger partial charge in [-0.15, -0.1) is 6.42 Å². The number of allylic oxidation sites excluding steroid dienone is 2. The molecule has 4 aliphatic carbocycles. The number of hydrogen-bond donors (Lipinski definition) is 6. The Morgan fingerprint density at radius 2 is 2.05 bits per heavy atom. The summed E-state index contributed by atoms with van der Waals surface area (Å²) >= 11 is 0. The van der Waals surface area contributed by atoms with E-state index in [1.54, 1.807) is 18.3 Å². The number of benzene rings is 1. The molecule has 0 spiro atoms. The number of fused-ring (bicyclic) bond motifs is 6. The average molecular weight is 604 g/mol. The number of H-pyrrole nitrogens is 1. The molecule has 2 aromatic rings. The van der Waals surface area contributed by atoms with E-state index in [-0.39, 0.29) is 35.3 Å². The quantitative estimate of drug-likeness (QED) is 0.208. The van der Waals surface area contributed by atoms with Crippen LogP contribution in [0.4, 0.5) is 0 Å². The molecule has 6 N–H and O–H groups in total. The van der Waals surface area contributed by atoms with E-state index in [0.29, 0.717) is 30.3 Å². The average Bonchev–Trinajstić information content (AvgIpc) is 3.49. The van der Waals surface area contributed by atoms with Crippen molar-refractivity contribution in [1.82, 2.24) is 10.3 Å². The van der Waals surface area contributed by atoms with E-state index >= 15 is 0 Å². The zero-order valence-corrected chi connectivity index (χ0v) is 25.2. The number of aromatic hydroxyl groups is 1. The SMILES string of the molecule is C#C[C@]1(O)CC[C@H]2[C@@H]3CCC4=C/C(=N\OCC(=O)N[C@H](Cc5c[nH]c6cc(O)ccc56)C(=O)O)CC[C@]4(C)[C@H]3[C@@H](O)C[C@@]21C. The Hall–Kier alpha value is -3.81. The first-order chi connectivity index (χ1) is 20.9. The number of phenolic OH excluding ortho intramolecular Hbond substituents is 1. The number of aliphatic hydroxyl groups is 2. The van der Waals surface area contributed by atoms with Crippen molar-refractivity contribution in [1.29, 1.82) is 0 Å².